The summed E-state index contributed by atoms with van der Waals surface area (Å²) in [7, 11) is 0. The van der Waals surface area contributed by atoms with E-state index in [1.165, 1.54) is 0 Å². The standard InChI is InChI=1S/C16H20ClN3S/c1-5-18-13-10-14(20-15(19-13)16(2,3)4)21-12-8-6-7-11(17)9-12/h6-10H,5H2,1-4H3,(H,18,19,20). The molecule has 1 aromatic heterocycles. The van der Waals surface area contributed by atoms with Crippen molar-refractivity contribution in [3.63, 3.8) is 0 Å². The molecule has 0 radical (unpaired) electrons. The van der Waals surface area contributed by atoms with Crippen molar-refractivity contribution in [1.29, 1.82) is 0 Å². The van der Waals surface area contributed by atoms with Crippen molar-refractivity contribution < 1.29 is 0 Å². The normalized spacial score (nSPS) is 11.5. The molecule has 0 spiro atoms. The second-order valence-electron chi connectivity index (χ2n) is 5.75. The van der Waals surface area contributed by atoms with Crippen LogP contribution in [-0.4, -0.2) is 16.5 Å². The lowest BCUT2D eigenvalue weighted by Crippen LogP contribution is -2.17. The molecule has 0 unspecified atom stereocenters. The number of benzene rings is 1. The Bertz CT molecular complexity index is 623. The third-order valence-corrected chi connectivity index (χ3v) is 3.89. The Morgan fingerprint density at radius 3 is 2.57 bits per heavy atom. The summed E-state index contributed by atoms with van der Waals surface area (Å²) in [5.41, 5.74) is -0.0882. The highest BCUT2D eigenvalue weighted by atomic mass is 35.5. The Labute approximate surface area is 135 Å². The summed E-state index contributed by atoms with van der Waals surface area (Å²) >= 11 is 7.63. The Morgan fingerprint density at radius 2 is 1.95 bits per heavy atom. The van der Waals surface area contributed by atoms with Crippen LogP contribution in [0, 0.1) is 0 Å². The molecular formula is C16H20ClN3S. The van der Waals surface area contributed by atoms with Crippen LogP contribution in [0.3, 0.4) is 0 Å². The number of halogens is 1. The molecule has 1 N–H and O–H groups in total. The first-order chi connectivity index (χ1) is 9.88. The number of aromatic nitrogens is 2. The average Bonchev–Trinajstić information content (AvgIpc) is 2.37. The van der Waals surface area contributed by atoms with Gasteiger partial charge in [-0.1, -0.05) is 50.2 Å². The molecule has 0 aliphatic carbocycles. The minimum Gasteiger partial charge on any atom is -0.370 e. The molecule has 1 heterocycles. The fourth-order valence-electron chi connectivity index (χ4n) is 1.74. The van der Waals surface area contributed by atoms with Crippen LogP contribution in [0.1, 0.15) is 33.5 Å². The van der Waals surface area contributed by atoms with Crippen LogP contribution in [-0.2, 0) is 5.41 Å². The predicted octanol–water partition coefficient (Wildman–Crippen LogP) is 5.01. The van der Waals surface area contributed by atoms with Crippen LogP contribution < -0.4 is 5.32 Å². The predicted molar refractivity (Wildman–Crippen MR) is 90.5 cm³/mol. The van der Waals surface area contributed by atoms with Gasteiger partial charge in [-0.15, -0.1) is 0 Å². The van der Waals surface area contributed by atoms with E-state index < -0.39 is 0 Å². The van der Waals surface area contributed by atoms with Crippen LogP contribution in [0.4, 0.5) is 5.82 Å². The van der Waals surface area contributed by atoms with Gasteiger partial charge in [0.1, 0.15) is 16.7 Å². The average molecular weight is 322 g/mol. The van der Waals surface area contributed by atoms with Crippen LogP contribution in [0.2, 0.25) is 5.02 Å². The maximum absolute atomic E-state index is 6.04. The lowest BCUT2D eigenvalue weighted by Gasteiger charge is -2.18. The van der Waals surface area contributed by atoms with E-state index in [4.69, 9.17) is 11.6 Å². The molecule has 2 aromatic rings. The van der Waals surface area contributed by atoms with E-state index >= 15 is 0 Å². The molecule has 0 atom stereocenters. The van der Waals surface area contributed by atoms with Gasteiger partial charge in [-0.25, -0.2) is 9.97 Å². The quantitative estimate of drug-likeness (QED) is 0.803. The molecule has 0 fully saturated rings. The van der Waals surface area contributed by atoms with Crippen molar-refractivity contribution >= 4 is 29.2 Å². The third-order valence-electron chi connectivity index (χ3n) is 2.75. The summed E-state index contributed by atoms with van der Waals surface area (Å²) in [4.78, 5) is 10.3. The third kappa shape index (κ3) is 4.61. The van der Waals surface area contributed by atoms with E-state index in [0.29, 0.717) is 0 Å². The van der Waals surface area contributed by atoms with E-state index in [9.17, 15) is 0 Å². The van der Waals surface area contributed by atoms with E-state index in [1.54, 1.807) is 11.8 Å². The molecule has 3 nitrogen and oxygen atoms in total. The van der Waals surface area contributed by atoms with Gasteiger partial charge in [-0.05, 0) is 25.1 Å². The van der Waals surface area contributed by atoms with E-state index in [0.717, 1.165) is 33.1 Å². The van der Waals surface area contributed by atoms with Gasteiger partial charge in [-0.3, -0.25) is 0 Å². The van der Waals surface area contributed by atoms with Crippen LogP contribution in [0.15, 0.2) is 40.3 Å². The van der Waals surface area contributed by atoms with Crippen molar-refractivity contribution in [1.82, 2.24) is 9.97 Å². The lowest BCUT2D eigenvalue weighted by molar-refractivity contribution is 0.539. The highest BCUT2D eigenvalue weighted by Crippen LogP contribution is 2.31. The summed E-state index contributed by atoms with van der Waals surface area (Å²) < 4.78 is 0. The Balaban J connectivity index is 2.35. The molecule has 5 heteroatoms. The molecule has 21 heavy (non-hydrogen) atoms. The number of hydrogen-bond donors (Lipinski definition) is 1. The van der Waals surface area contributed by atoms with Crippen molar-refractivity contribution in [2.75, 3.05) is 11.9 Å². The van der Waals surface area contributed by atoms with Gasteiger partial charge in [0.15, 0.2) is 0 Å². The summed E-state index contributed by atoms with van der Waals surface area (Å²) in [5.74, 6) is 1.70. The van der Waals surface area contributed by atoms with Crippen molar-refractivity contribution in [3.05, 3.63) is 41.2 Å². The second-order valence-corrected chi connectivity index (χ2v) is 7.29. The monoisotopic (exact) mass is 321 g/mol. The topological polar surface area (TPSA) is 37.8 Å². The van der Waals surface area contributed by atoms with Crippen molar-refractivity contribution in [2.45, 2.75) is 43.0 Å². The van der Waals surface area contributed by atoms with Gasteiger partial charge in [0.05, 0.1) is 0 Å². The smallest absolute Gasteiger partial charge is 0.137 e. The molecule has 0 aliphatic rings. The summed E-state index contributed by atoms with van der Waals surface area (Å²) in [6, 6.07) is 9.77. The number of rotatable bonds is 4. The Kier molecular flexibility index (Phi) is 5.12. The number of hydrogen-bond acceptors (Lipinski definition) is 4. The Hall–Kier alpha value is -1.26. The SMILES string of the molecule is CCNc1cc(Sc2cccc(Cl)c2)nc(C(C)(C)C)n1. The number of nitrogens with zero attached hydrogens (tertiary/aromatic N) is 2. The van der Waals surface area contributed by atoms with Crippen molar-refractivity contribution in [2.24, 2.45) is 0 Å². The first-order valence-corrected chi connectivity index (χ1v) is 8.15. The number of nitrogens with one attached hydrogen (secondary N) is 1. The molecule has 0 amide bonds. The molecule has 0 saturated carbocycles. The van der Waals surface area contributed by atoms with Gasteiger partial charge in [-0.2, -0.15) is 0 Å². The van der Waals surface area contributed by atoms with Gasteiger partial charge in [0, 0.05) is 27.9 Å². The molecule has 0 aliphatic heterocycles. The zero-order chi connectivity index (χ0) is 15.5. The molecule has 0 bridgehead atoms. The van der Waals surface area contributed by atoms with E-state index in [1.807, 2.05) is 30.3 Å². The summed E-state index contributed by atoms with van der Waals surface area (Å²) in [5, 5.41) is 4.92. The van der Waals surface area contributed by atoms with Crippen molar-refractivity contribution in [3.8, 4) is 0 Å². The Morgan fingerprint density at radius 1 is 1.19 bits per heavy atom. The molecule has 112 valence electrons. The van der Waals surface area contributed by atoms with Crippen LogP contribution in [0.5, 0.6) is 0 Å². The maximum Gasteiger partial charge on any atom is 0.137 e. The molecule has 0 saturated heterocycles. The van der Waals surface area contributed by atoms with Gasteiger partial charge >= 0.3 is 0 Å². The molecule has 2 rings (SSSR count). The number of anilines is 1. The lowest BCUT2D eigenvalue weighted by atomic mass is 9.96. The largest absolute Gasteiger partial charge is 0.370 e. The van der Waals surface area contributed by atoms with Gasteiger partial charge < -0.3 is 5.32 Å². The van der Waals surface area contributed by atoms with Gasteiger partial charge in [0.2, 0.25) is 0 Å². The maximum atomic E-state index is 6.04. The summed E-state index contributed by atoms with van der Waals surface area (Å²) in [6.07, 6.45) is 0. The first-order valence-electron chi connectivity index (χ1n) is 6.95. The summed E-state index contributed by atoms with van der Waals surface area (Å²) in [6.45, 7) is 9.24. The van der Waals surface area contributed by atoms with E-state index in [-0.39, 0.29) is 5.41 Å². The minimum atomic E-state index is -0.0882. The first kappa shape index (κ1) is 16.1. The van der Waals surface area contributed by atoms with E-state index in [2.05, 4.69) is 43.0 Å². The zero-order valence-electron chi connectivity index (χ0n) is 12.8. The minimum absolute atomic E-state index is 0.0882. The highest BCUT2D eigenvalue weighted by molar-refractivity contribution is 7.99. The van der Waals surface area contributed by atoms with Crippen LogP contribution in [0.25, 0.3) is 0 Å². The zero-order valence-corrected chi connectivity index (χ0v) is 14.3. The van der Waals surface area contributed by atoms with Crippen LogP contribution >= 0.6 is 23.4 Å². The molecular weight excluding hydrogens is 302 g/mol. The highest BCUT2D eigenvalue weighted by Gasteiger charge is 2.19. The van der Waals surface area contributed by atoms with Gasteiger partial charge in [0.25, 0.3) is 0 Å². The molecule has 1 aromatic carbocycles. The second kappa shape index (κ2) is 6.67. The fraction of sp³-hybridized carbons (Fsp3) is 0.375. The fourth-order valence-corrected chi connectivity index (χ4v) is 2.87.